The van der Waals surface area contributed by atoms with Gasteiger partial charge in [0.1, 0.15) is 6.26 Å². The molecule has 0 amide bonds. The number of hydrogen-bond donors (Lipinski definition) is 1. The second kappa shape index (κ2) is 4.40. The van der Waals surface area contributed by atoms with Crippen molar-refractivity contribution in [3.8, 4) is 0 Å². The van der Waals surface area contributed by atoms with Crippen LogP contribution in [0.4, 0.5) is 5.69 Å². The third-order valence-electron chi connectivity index (χ3n) is 2.00. The smallest absolute Gasteiger partial charge is 0.256 e. The quantitative estimate of drug-likeness (QED) is 0.638. The first-order valence-electron chi connectivity index (χ1n) is 4.64. The number of para-hydroxylation sites is 1. The van der Waals surface area contributed by atoms with Crippen LogP contribution in [0.5, 0.6) is 0 Å². The fraction of sp³-hybridized carbons (Fsp3) is 0.182. The van der Waals surface area contributed by atoms with Crippen LogP contribution >= 0.6 is 11.8 Å². The van der Waals surface area contributed by atoms with Crippen LogP contribution < -0.4 is 5.73 Å². The van der Waals surface area contributed by atoms with Gasteiger partial charge in [-0.1, -0.05) is 30.0 Å². The second-order valence-corrected chi connectivity index (χ2v) is 4.17. The maximum atomic E-state index is 5.83. The Labute approximate surface area is 92.7 Å². The van der Waals surface area contributed by atoms with Crippen molar-refractivity contribution in [2.24, 2.45) is 0 Å². The summed E-state index contributed by atoms with van der Waals surface area (Å²) >= 11 is 1.55. The van der Waals surface area contributed by atoms with E-state index < -0.39 is 0 Å². The maximum absolute atomic E-state index is 5.83. The van der Waals surface area contributed by atoms with Crippen molar-refractivity contribution >= 4 is 17.4 Å². The van der Waals surface area contributed by atoms with E-state index in [1.165, 1.54) is 0 Å². The normalized spacial score (nSPS) is 10.5. The van der Waals surface area contributed by atoms with Gasteiger partial charge in [0, 0.05) is 11.4 Å². The van der Waals surface area contributed by atoms with E-state index in [-0.39, 0.29) is 0 Å². The largest absolute Gasteiger partial charge is 0.440 e. The van der Waals surface area contributed by atoms with Crippen LogP contribution in [0.15, 0.2) is 40.2 Å². The molecule has 0 saturated heterocycles. The molecule has 1 heterocycles. The van der Waals surface area contributed by atoms with Gasteiger partial charge in [-0.05, 0) is 18.6 Å². The molecule has 0 saturated carbocycles. The monoisotopic (exact) mass is 220 g/mol. The van der Waals surface area contributed by atoms with Crippen molar-refractivity contribution in [1.82, 2.24) is 4.98 Å². The van der Waals surface area contributed by atoms with Gasteiger partial charge in [-0.15, -0.1) is 0 Å². The summed E-state index contributed by atoms with van der Waals surface area (Å²) in [5, 5.41) is 0.691. The minimum absolute atomic E-state index is 0.691. The molecule has 0 spiro atoms. The van der Waals surface area contributed by atoms with E-state index in [4.69, 9.17) is 10.2 Å². The lowest BCUT2D eigenvalue weighted by Crippen LogP contribution is -1.91. The SMILES string of the molecule is Cc1coc(SCc2ccccc2N)n1. The number of oxazole rings is 1. The highest BCUT2D eigenvalue weighted by atomic mass is 32.2. The summed E-state index contributed by atoms with van der Waals surface area (Å²) in [6.45, 7) is 1.91. The molecule has 15 heavy (non-hydrogen) atoms. The first-order chi connectivity index (χ1) is 7.25. The van der Waals surface area contributed by atoms with Crippen LogP contribution in [0.2, 0.25) is 0 Å². The Morgan fingerprint density at radius 3 is 2.87 bits per heavy atom. The summed E-state index contributed by atoms with van der Waals surface area (Å²) in [6, 6.07) is 7.82. The van der Waals surface area contributed by atoms with Crippen LogP contribution in [0.25, 0.3) is 0 Å². The van der Waals surface area contributed by atoms with E-state index in [0.717, 1.165) is 22.7 Å². The van der Waals surface area contributed by atoms with Crippen LogP contribution in [-0.2, 0) is 5.75 Å². The lowest BCUT2D eigenvalue weighted by Gasteiger charge is -2.02. The van der Waals surface area contributed by atoms with E-state index in [9.17, 15) is 0 Å². The zero-order chi connectivity index (χ0) is 10.7. The Balaban J connectivity index is 2.02. The summed E-state index contributed by atoms with van der Waals surface area (Å²) in [4.78, 5) is 4.21. The molecule has 0 radical (unpaired) electrons. The summed E-state index contributed by atoms with van der Waals surface area (Å²) < 4.78 is 5.24. The van der Waals surface area contributed by atoms with Crippen molar-refractivity contribution in [1.29, 1.82) is 0 Å². The summed E-state index contributed by atoms with van der Waals surface area (Å²) in [5.74, 6) is 0.784. The predicted molar refractivity (Wildman–Crippen MR) is 61.7 cm³/mol. The molecule has 4 heteroatoms. The summed E-state index contributed by atoms with van der Waals surface area (Å²) in [6.07, 6.45) is 1.65. The topological polar surface area (TPSA) is 52.0 Å². The number of aromatic nitrogens is 1. The molecule has 78 valence electrons. The predicted octanol–water partition coefficient (Wildman–Crippen LogP) is 2.86. The molecule has 2 aromatic rings. The highest BCUT2D eigenvalue weighted by Crippen LogP contribution is 2.24. The fourth-order valence-electron chi connectivity index (χ4n) is 1.20. The van der Waals surface area contributed by atoms with E-state index >= 15 is 0 Å². The van der Waals surface area contributed by atoms with Crippen molar-refractivity contribution in [2.45, 2.75) is 17.9 Å². The molecule has 1 aromatic heterocycles. The molecule has 0 atom stereocenters. The highest BCUT2D eigenvalue weighted by molar-refractivity contribution is 7.98. The lowest BCUT2D eigenvalue weighted by molar-refractivity contribution is 0.454. The Hall–Kier alpha value is -1.42. The molecule has 0 unspecified atom stereocenters. The molecule has 3 nitrogen and oxygen atoms in total. The van der Waals surface area contributed by atoms with E-state index in [1.54, 1.807) is 18.0 Å². The van der Waals surface area contributed by atoms with Crippen LogP contribution in [-0.4, -0.2) is 4.98 Å². The Kier molecular flexibility index (Phi) is 2.97. The minimum Gasteiger partial charge on any atom is -0.440 e. The number of rotatable bonds is 3. The number of aryl methyl sites for hydroxylation is 1. The fourth-order valence-corrected chi connectivity index (χ4v) is 2.07. The number of nitrogens with zero attached hydrogens (tertiary/aromatic N) is 1. The van der Waals surface area contributed by atoms with E-state index in [1.807, 2.05) is 31.2 Å². The maximum Gasteiger partial charge on any atom is 0.256 e. The van der Waals surface area contributed by atoms with Gasteiger partial charge in [-0.2, -0.15) is 0 Å². The zero-order valence-corrected chi connectivity index (χ0v) is 9.25. The molecule has 0 aliphatic heterocycles. The molecule has 2 rings (SSSR count). The van der Waals surface area contributed by atoms with Crippen molar-refractivity contribution < 1.29 is 4.42 Å². The number of anilines is 1. The molecule has 0 aliphatic rings. The van der Waals surface area contributed by atoms with Gasteiger partial charge < -0.3 is 10.2 Å². The molecule has 0 fully saturated rings. The van der Waals surface area contributed by atoms with Gasteiger partial charge in [0.2, 0.25) is 0 Å². The average molecular weight is 220 g/mol. The standard InChI is InChI=1S/C11H12N2OS/c1-8-6-14-11(13-8)15-7-9-4-2-3-5-10(9)12/h2-6H,7,12H2,1H3. The third kappa shape index (κ3) is 2.53. The van der Waals surface area contributed by atoms with Gasteiger partial charge in [0.05, 0.1) is 5.69 Å². The molecular weight excluding hydrogens is 208 g/mol. The van der Waals surface area contributed by atoms with Crippen LogP contribution in [0.3, 0.4) is 0 Å². The van der Waals surface area contributed by atoms with Crippen molar-refractivity contribution in [2.75, 3.05) is 5.73 Å². The van der Waals surface area contributed by atoms with E-state index in [2.05, 4.69) is 4.98 Å². The summed E-state index contributed by atoms with van der Waals surface area (Å²) in [5.41, 5.74) is 8.65. The number of nitrogen functional groups attached to an aromatic ring is 1. The second-order valence-electron chi connectivity index (χ2n) is 3.24. The lowest BCUT2D eigenvalue weighted by atomic mass is 10.2. The number of hydrogen-bond acceptors (Lipinski definition) is 4. The summed E-state index contributed by atoms with van der Waals surface area (Å²) in [7, 11) is 0. The molecule has 2 N–H and O–H groups in total. The van der Waals surface area contributed by atoms with Crippen LogP contribution in [0, 0.1) is 6.92 Å². The van der Waals surface area contributed by atoms with Gasteiger partial charge in [-0.3, -0.25) is 0 Å². The molecule has 1 aromatic carbocycles. The van der Waals surface area contributed by atoms with Gasteiger partial charge in [0.15, 0.2) is 0 Å². The number of thioether (sulfide) groups is 1. The van der Waals surface area contributed by atoms with Crippen molar-refractivity contribution in [3.63, 3.8) is 0 Å². The Bertz CT molecular complexity index is 453. The molecule has 0 bridgehead atoms. The van der Waals surface area contributed by atoms with E-state index in [0.29, 0.717) is 5.22 Å². The molecule has 0 aliphatic carbocycles. The minimum atomic E-state index is 0.691. The Morgan fingerprint density at radius 2 is 2.20 bits per heavy atom. The highest BCUT2D eigenvalue weighted by Gasteiger charge is 2.03. The average Bonchev–Trinajstić information content (AvgIpc) is 2.63. The van der Waals surface area contributed by atoms with Crippen LogP contribution in [0.1, 0.15) is 11.3 Å². The van der Waals surface area contributed by atoms with Gasteiger partial charge >= 0.3 is 0 Å². The molecular formula is C11H12N2OS. The first kappa shape index (κ1) is 10.1. The number of benzene rings is 1. The number of nitrogens with two attached hydrogens (primary N) is 1. The first-order valence-corrected chi connectivity index (χ1v) is 5.62. The Morgan fingerprint density at radius 1 is 1.40 bits per heavy atom. The zero-order valence-electron chi connectivity index (χ0n) is 8.43. The third-order valence-corrected chi connectivity index (χ3v) is 2.89. The van der Waals surface area contributed by atoms with Gasteiger partial charge in [-0.25, -0.2) is 4.98 Å². The van der Waals surface area contributed by atoms with Gasteiger partial charge in [0.25, 0.3) is 5.22 Å². The van der Waals surface area contributed by atoms with Crippen molar-refractivity contribution in [3.05, 3.63) is 41.8 Å².